The molecule has 2 aromatic rings. The first kappa shape index (κ1) is 9.06. The summed E-state index contributed by atoms with van der Waals surface area (Å²) < 4.78 is 0.652. The number of fused-ring (bicyclic) bond motifs is 1. The van der Waals surface area contributed by atoms with Gasteiger partial charge in [-0.1, -0.05) is 5.21 Å². The molecule has 8 nitrogen and oxygen atoms in total. The van der Waals surface area contributed by atoms with E-state index in [0.29, 0.717) is 4.68 Å². The van der Waals surface area contributed by atoms with Crippen molar-refractivity contribution in [3.05, 3.63) is 28.3 Å². The molecule has 0 radical (unpaired) electrons. The third-order valence-electron chi connectivity index (χ3n) is 1.82. The maximum atomic E-state index is 10.6. The van der Waals surface area contributed by atoms with E-state index in [4.69, 9.17) is 5.11 Å². The van der Waals surface area contributed by atoms with Crippen LogP contribution in [-0.4, -0.2) is 31.1 Å². The van der Waals surface area contributed by atoms with Gasteiger partial charge < -0.3 is 5.11 Å². The first-order valence-electron chi connectivity index (χ1n) is 3.83. The molecule has 15 heavy (non-hydrogen) atoms. The SMILES string of the molecule is O=C(O)n1nnc2cc([N+](=O)[O-])ccc21. The van der Waals surface area contributed by atoms with Gasteiger partial charge in [0.25, 0.3) is 5.69 Å². The van der Waals surface area contributed by atoms with Gasteiger partial charge in [-0.25, -0.2) is 4.79 Å². The lowest BCUT2D eigenvalue weighted by molar-refractivity contribution is -0.384. The average molecular weight is 208 g/mol. The molecule has 1 aromatic carbocycles. The Morgan fingerprint density at radius 3 is 2.87 bits per heavy atom. The van der Waals surface area contributed by atoms with Crippen molar-refractivity contribution in [2.24, 2.45) is 0 Å². The summed E-state index contributed by atoms with van der Waals surface area (Å²) in [5.74, 6) is 0. The van der Waals surface area contributed by atoms with E-state index >= 15 is 0 Å². The molecule has 0 atom stereocenters. The standard InChI is InChI=1S/C7H4N4O4/c12-7(13)10-6-2-1-4(11(14)15)3-5(6)8-9-10/h1-3H,(H,12,13). The number of nitrogens with zero attached hydrogens (tertiary/aromatic N) is 4. The molecule has 76 valence electrons. The molecule has 1 aromatic heterocycles. The zero-order valence-electron chi connectivity index (χ0n) is 7.19. The van der Waals surface area contributed by atoms with E-state index in [-0.39, 0.29) is 16.7 Å². The zero-order valence-corrected chi connectivity index (χ0v) is 7.19. The Balaban J connectivity index is 2.66. The van der Waals surface area contributed by atoms with E-state index < -0.39 is 11.0 Å². The van der Waals surface area contributed by atoms with Crippen molar-refractivity contribution in [2.75, 3.05) is 0 Å². The van der Waals surface area contributed by atoms with Crippen molar-refractivity contribution in [1.82, 2.24) is 15.0 Å². The van der Waals surface area contributed by atoms with Gasteiger partial charge in [0, 0.05) is 12.1 Å². The first-order valence-corrected chi connectivity index (χ1v) is 3.83. The van der Waals surface area contributed by atoms with E-state index in [1.165, 1.54) is 18.2 Å². The number of nitro groups is 1. The highest BCUT2D eigenvalue weighted by atomic mass is 16.6. The van der Waals surface area contributed by atoms with Crippen LogP contribution in [0.15, 0.2) is 18.2 Å². The average Bonchev–Trinajstić information content (AvgIpc) is 2.59. The fourth-order valence-corrected chi connectivity index (χ4v) is 1.17. The lowest BCUT2D eigenvalue weighted by atomic mass is 10.3. The van der Waals surface area contributed by atoms with Crippen molar-refractivity contribution in [2.45, 2.75) is 0 Å². The molecular weight excluding hydrogens is 204 g/mol. The van der Waals surface area contributed by atoms with Crippen LogP contribution in [0.25, 0.3) is 11.0 Å². The second-order valence-electron chi connectivity index (χ2n) is 2.71. The summed E-state index contributed by atoms with van der Waals surface area (Å²) in [5, 5.41) is 25.9. The van der Waals surface area contributed by atoms with Crippen molar-refractivity contribution in [1.29, 1.82) is 0 Å². The summed E-state index contributed by atoms with van der Waals surface area (Å²) in [6.07, 6.45) is -1.29. The molecule has 1 heterocycles. The van der Waals surface area contributed by atoms with E-state index in [9.17, 15) is 14.9 Å². The number of aromatic nitrogens is 3. The highest BCUT2D eigenvalue weighted by molar-refractivity contribution is 5.85. The van der Waals surface area contributed by atoms with Gasteiger partial charge in [-0.05, 0) is 6.07 Å². The number of hydrogen-bond acceptors (Lipinski definition) is 5. The smallest absolute Gasteiger partial charge is 0.434 e. The van der Waals surface area contributed by atoms with Crippen LogP contribution in [0.5, 0.6) is 0 Å². The quantitative estimate of drug-likeness (QED) is 0.549. The zero-order chi connectivity index (χ0) is 11.0. The van der Waals surface area contributed by atoms with E-state index in [1.807, 2.05) is 0 Å². The summed E-state index contributed by atoms with van der Waals surface area (Å²) in [6.45, 7) is 0. The minimum atomic E-state index is -1.29. The monoisotopic (exact) mass is 208 g/mol. The molecular formula is C7H4N4O4. The molecule has 0 aliphatic carbocycles. The second-order valence-corrected chi connectivity index (χ2v) is 2.71. The van der Waals surface area contributed by atoms with Crippen LogP contribution in [0.2, 0.25) is 0 Å². The number of nitro benzene ring substituents is 1. The van der Waals surface area contributed by atoms with Crippen LogP contribution in [-0.2, 0) is 0 Å². The molecule has 1 N–H and O–H groups in total. The third-order valence-corrected chi connectivity index (χ3v) is 1.82. The maximum Gasteiger partial charge on any atom is 0.434 e. The highest BCUT2D eigenvalue weighted by Gasteiger charge is 2.13. The topological polar surface area (TPSA) is 111 Å². The van der Waals surface area contributed by atoms with Gasteiger partial charge in [0.05, 0.1) is 4.92 Å². The molecule has 0 bridgehead atoms. The van der Waals surface area contributed by atoms with E-state index in [2.05, 4.69) is 10.3 Å². The number of rotatable bonds is 1. The van der Waals surface area contributed by atoms with Crippen LogP contribution in [0, 0.1) is 10.1 Å². The molecule has 0 unspecified atom stereocenters. The van der Waals surface area contributed by atoms with Gasteiger partial charge in [-0.2, -0.15) is 0 Å². The van der Waals surface area contributed by atoms with Crippen LogP contribution < -0.4 is 0 Å². The van der Waals surface area contributed by atoms with Gasteiger partial charge in [0.1, 0.15) is 11.0 Å². The van der Waals surface area contributed by atoms with Crippen LogP contribution in [0.1, 0.15) is 0 Å². The van der Waals surface area contributed by atoms with E-state index in [0.717, 1.165) is 0 Å². The molecule has 0 saturated heterocycles. The summed E-state index contributed by atoms with van der Waals surface area (Å²) in [4.78, 5) is 20.5. The number of non-ortho nitro benzene ring substituents is 1. The minimum absolute atomic E-state index is 0.153. The van der Waals surface area contributed by atoms with Gasteiger partial charge in [0.2, 0.25) is 0 Å². The fraction of sp³-hybridized carbons (Fsp3) is 0. The largest absolute Gasteiger partial charge is 0.463 e. The fourth-order valence-electron chi connectivity index (χ4n) is 1.17. The Labute approximate surface area is 81.9 Å². The molecule has 8 heteroatoms. The maximum absolute atomic E-state index is 10.6. The van der Waals surface area contributed by atoms with Crippen LogP contribution in [0.4, 0.5) is 10.5 Å². The minimum Gasteiger partial charge on any atom is -0.463 e. The predicted molar refractivity (Wildman–Crippen MR) is 47.6 cm³/mol. The van der Waals surface area contributed by atoms with Crippen LogP contribution in [0.3, 0.4) is 0 Å². The summed E-state index contributed by atoms with van der Waals surface area (Å²) >= 11 is 0. The lowest BCUT2D eigenvalue weighted by Crippen LogP contribution is -2.09. The Kier molecular flexibility index (Phi) is 1.82. The number of hydrogen-bond donors (Lipinski definition) is 1. The number of benzene rings is 1. The normalized spacial score (nSPS) is 10.4. The lowest BCUT2D eigenvalue weighted by Gasteiger charge is -1.93. The van der Waals surface area contributed by atoms with Crippen LogP contribution >= 0.6 is 0 Å². The molecule has 0 aliphatic rings. The van der Waals surface area contributed by atoms with Gasteiger partial charge in [-0.15, -0.1) is 9.78 Å². The summed E-state index contributed by atoms with van der Waals surface area (Å²) in [7, 11) is 0. The Morgan fingerprint density at radius 1 is 1.53 bits per heavy atom. The Bertz CT molecular complexity index is 561. The molecule has 0 aliphatic heterocycles. The summed E-state index contributed by atoms with van der Waals surface area (Å²) in [6, 6.07) is 3.66. The van der Waals surface area contributed by atoms with Gasteiger partial charge in [-0.3, -0.25) is 10.1 Å². The molecule has 0 amide bonds. The molecule has 2 rings (SSSR count). The van der Waals surface area contributed by atoms with Gasteiger partial charge >= 0.3 is 6.09 Å². The first-order chi connectivity index (χ1) is 7.09. The van der Waals surface area contributed by atoms with Gasteiger partial charge in [0.15, 0.2) is 0 Å². The van der Waals surface area contributed by atoms with Crippen molar-refractivity contribution in [3.8, 4) is 0 Å². The van der Waals surface area contributed by atoms with Crippen molar-refractivity contribution < 1.29 is 14.8 Å². The Morgan fingerprint density at radius 2 is 2.27 bits per heavy atom. The molecule has 0 saturated carbocycles. The number of carbonyl (C=O) groups is 1. The second kappa shape index (κ2) is 3.01. The number of carboxylic acid groups (broad SMARTS) is 1. The third kappa shape index (κ3) is 1.37. The van der Waals surface area contributed by atoms with E-state index in [1.54, 1.807) is 0 Å². The highest BCUT2D eigenvalue weighted by Crippen LogP contribution is 2.18. The van der Waals surface area contributed by atoms with Crippen molar-refractivity contribution >= 4 is 22.8 Å². The molecule has 0 fully saturated rings. The molecule has 0 spiro atoms. The Hall–Kier alpha value is -2.51. The summed E-state index contributed by atoms with van der Waals surface area (Å²) in [5.41, 5.74) is 0.236. The van der Waals surface area contributed by atoms with Crippen molar-refractivity contribution in [3.63, 3.8) is 0 Å². The predicted octanol–water partition coefficient (Wildman–Crippen LogP) is 0.866.